The number of benzene rings is 2. The van der Waals surface area contributed by atoms with Gasteiger partial charge in [-0.25, -0.2) is 0 Å². The number of aliphatic imine (C=N–C) groups is 2. The van der Waals surface area contributed by atoms with Crippen LogP contribution in [0.25, 0.3) is 0 Å². The predicted molar refractivity (Wildman–Crippen MR) is 259 cm³/mol. The second kappa shape index (κ2) is 37.8. The Labute approximate surface area is 355 Å². The van der Waals surface area contributed by atoms with Gasteiger partial charge in [-0.3, -0.25) is 9.98 Å². The Morgan fingerprint density at radius 3 is 1.40 bits per heavy atom. The van der Waals surface area contributed by atoms with Crippen molar-refractivity contribution in [2.45, 2.75) is 252 Å². The normalized spacial score (nSPS) is 12.2. The van der Waals surface area contributed by atoms with Gasteiger partial charge in [-0.05, 0) is 99.1 Å². The molecule has 0 unspecified atom stereocenters. The number of hydrogen-bond donors (Lipinski definition) is 0. The lowest BCUT2D eigenvalue weighted by molar-refractivity contribution is 0.522. The maximum Gasteiger partial charge on any atom is 0.0662 e. The average molecular weight is 781 g/mol. The van der Waals surface area contributed by atoms with Crippen LogP contribution >= 0.6 is 0 Å². The fourth-order valence-corrected chi connectivity index (χ4v) is 8.11. The summed E-state index contributed by atoms with van der Waals surface area (Å²) in [5, 5.41) is 0. The van der Waals surface area contributed by atoms with E-state index in [2.05, 4.69) is 88.5 Å². The van der Waals surface area contributed by atoms with Crippen LogP contribution < -0.4 is 0 Å². The van der Waals surface area contributed by atoms with Gasteiger partial charge in [0.15, 0.2) is 0 Å². The number of rotatable bonds is 39. The number of aryl methyl sites for hydroxylation is 3. The molecule has 322 valence electrons. The van der Waals surface area contributed by atoms with E-state index < -0.39 is 0 Å². The minimum absolute atomic E-state index is 0.979. The second-order valence-electron chi connectivity index (χ2n) is 17.4. The molecule has 2 rings (SSSR count). The summed E-state index contributed by atoms with van der Waals surface area (Å²) in [5.41, 5.74) is 7.55. The van der Waals surface area contributed by atoms with Crippen LogP contribution in [0.4, 0.5) is 11.4 Å². The maximum absolute atomic E-state index is 5.27. The molecule has 0 heterocycles. The van der Waals surface area contributed by atoms with Crippen molar-refractivity contribution in [3.05, 3.63) is 71.3 Å². The van der Waals surface area contributed by atoms with Crippen LogP contribution in [-0.2, 0) is 19.3 Å². The lowest BCUT2D eigenvalue weighted by Crippen LogP contribution is -2.01. The zero-order chi connectivity index (χ0) is 40.7. The summed E-state index contributed by atoms with van der Waals surface area (Å²) >= 11 is 0. The Kier molecular flexibility index (Phi) is 33.6. The molecule has 2 heteroatoms. The number of unbranched alkanes of at least 4 members (excludes halogenated alkanes) is 26. The minimum Gasteiger partial charge on any atom is -0.255 e. The summed E-state index contributed by atoms with van der Waals surface area (Å²) < 4.78 is 0. The van der Waals surface area contributed by atoms with Gasteiger partial charge in [0, 0.05) is 6.21 Å². The third-order valence-corrected chi connectivity index (χ3v) is 11.8. The van der Waals surface area contributed by atoms with E-state index in [1.54, 1.807) is 0 Å². The Balaban J connectivity index is 1.69. The third kappa shape index (κ3) is 28.6. The van der Waals surface area contributed by atoms with E-state index in [0.717, 1.165) is 55.6 Å². The fourth-order valence-electron chi connectivity index (χ4n) is 8.11. The molecule has 0 aliphatic heterocycles. The molecule has 0 bridgehead atoms. The first-order chi connectivity index (χ1) is 28.2. The first-order valence-electron chi connectivity index (χ1n) is 25.2. The molecule has 0 aliphatic carbocycles. The summed E-state index contributed by atoms with van der Waals surface area (Å²) in [7, 11) is 0. The van der Waals surface area contributed by atoms with E-state index in [4.69, 9.17) is 9.98 Å². The van der Waals surface area contributed by atoms with Crippen molar-refractivity contribution in [1.82, 2.24) is 0 Å². The number of nitrogens with zero attached hydrogens (tertiary/aromatic N) is 2. The van der Waals surface area contributed by atoms with Crippen LogP contribution in [0.5, 0.6) is 0 Å². The minimum atomic E-state index is 0.979. The highest BCUT2D eigenvalue weighted by atomic mass is 14.8. The highest BCUT2D eigenvalue weighted by Crippen LogP contribution is 2.24. The molecule has 2 nitrogen and oxygen atoms in total. The fraction of sp³-hybridized carbons (Fsp3) is 0.709. The van der Waals surface area contributed by atoms with Crippen LogP contribution in [0.3, 0.4) is 0 Å². The molecule has 2 aromatic carbocycles. The molecule has 0 amide bonds. The van der Waals surface area contributed by atoms with E-state index in [1.165, 1.54) is 203 Å². The smallest absolute Gasteiger partial charge is 0.0662 e. The van der Waals surface area contributed by atoms with Gasteiger partial charge in [-0.1, -0.05) is 225 Å². The molecule has 0 saturated heterocycles. The molecule has 0 spiro atoms. The highest BCUT2D eigenvalue weighted by Gasteiger charge is 2.06. The van der Waals surface area contributed by atoms with Crippen molar-refractivity contribution >= 4 is 23.3 Å². The van der Waals surface area contributed by atoms with Crippen molar-refractivity contribution < 1.29 is 0 Å². The van der Waals surface area contributed by atoms with Crippen molar-refractivity contribution in [3.63, 3.8) is 0 Å². The summed E-state index contributed by atoms with van der Waals surface area (Å²) in [4.78, 5) is 10.4. The number of hydrogen-bond acceptors (Lipinski definition) is 2. The maximum atomic E-state index is 5.27. The largest absolute Gasteiger partial charge is 0.255 e. The Bertz CT molecular complexity index is 1260. The second-order valence-corrected chi connectivity index (χ2v) is 17.4. The van der Waals surface area contributed by atoms with E-state index >= 15 is 0 Å². The molecule has 57 heavy (non-hydrogen) atoms. The third-order valence-electron chi connectivity index (χ3n) is 11.8. The Morgan fingerprint density at radius 1 is 0.439 bits per heavy atom. The SMILES string of the molecule is CCCCCCCCCCCCCCCCCCCCCC/C=C/CCc1ccccc1N=CC(CCCCC)=Nc1cc(CCCCC)cc(CCCCC)c1. The first kappa shape index (κ1) is 50.7. The van der Waals surface area contributed by atoms with Crippen LogP contribution in [-0.4, -0.2) is 11.9 Å². The average Bonchev–Trinajstić information content (AvgIpc) is 3.22. The number of para-hydroxylation sites is 1. The molecule has 0 atom stereocenters. The first-order valence-corrected chi connectivity index (χ1v) is 25.2. The summed E-state index contributed by atoms with van der Waals surface area (Å²) in [6.07, 6.45) is 53.6. The van der Waals surface area contributed by atoms with E-state index in [9.17, 15) is 0 Å². The van der Waals surface area contributed by atoms with E-state index in [-0.39, 0.29) is 0 Å². The van der Waals surface area contributed by atoms with Crippen molar-refractivity contribution in [2.24, 2.45) is 9.98 Å². The lowest BCUT2D eigenvalue weighted by atomic mass is 10.00. The molecule has 2 aromatic rings. The van der Waals surface area contributed by atoms with E-state index in [1.807, 2.05) is 0 Å². The van der Waals surface area contributed by atoms with Crippen molar-refractivity contribution in [2.75, 3.05) is 0 Å². The van der Waals surface area contributed by atoms with Crippen molar-refractivity contribution in [1.29, 1.82) is 0 Å². The zero-order valence-corrected chi connectivity index (χ0v) is 38.4. The van der Waals surface area contributed by atoms with Gasteiger partial charge in [0.05, 0.1) is 17.1 Å². The van der Waals surface area contributed by atoms with Gasteiger partial charge in [0.25, 0.3) is 0 Å². The standard InChI is InChI=1S/C55H92N2/c1-5-9-13-14-15-16-17-18-19-20-21-22-23-24-25-26-27-28-29-30-31-32-33-37-42-52-43-38-39-45-55(52)56-49-53(44-36-12-8-4)57-54-47-50(40-34-10-6-2)46-51(48-54)41-35-11-7-3/h32-33,38-39,43,45-49H,5-31,34-37,40-42,44H2,1-4H3/b33-32+,56-49?,57-53?. The Morgan fingerprint density at radius 2 is 0.877 bits per heavy atom. The molecule has 0 saturated carbocycles. The van der Waals surface area contributed by atoms with Gasteiger partial charge in [-0.15, -0.1) is 0 Å². The topological polar surface area (TPSA) is 24.7 Å². The quantitative estimate of drug-likeness (QED) is 0.0367. The van der Waals surface area contributed by atoms with Gasteiger partial charge >= 0.3 is 0 Å². The zero-order valence-electron chi connectivity index (χ0n) is 38.4. The monoisotopic (exact) mass is 781 g/mol. The summed E-state index contributed by atoms with van der Waals surface area (Å²) in [5.74, 6) is 0. The molecule has 0 aromatic heterocycles. The summed E-state index contributed by atoms with van der Waals surface area (Å²) in [6, 6.07) is 15.9. The van der Waals surface area contributed by atoms with Crippen LogP contribution in [0.2, 0.25) is 0 Å². The van der Waals surface area contributed by atoms with Gasteiger partial charge in [0.2, 0.25) is 0 Å². The number of allylic oxidation sites excluding steroid dienone is 2. The van der Waals surface area contributed by atoms with Gasteiger partial charge in [0.1, 0.15) is 0 Å². The highest BCUT2D eigenvalue weighted by molar-refractivity contribution is 6.31. The Hall–Kier alpha value is -2.48. The lowest BCUT2D eigenvalue weighted by Gasteiger charge is -2.09. The molecule has 0 radical (unpaired) electrons. The predicted octanol–water partition coefficient (Wildman–Crippen LogP) is 18.9. The van der Waals surface area contributed by atoms with Crippen LogP contribution in [0.1, 0.15) is 250 Å². The van der Waals surface area contributed by atoms with E-state index in [0.29, 0.717) is 0 Å². The van der Waals surface area contributed by atoms with Gasteiger partial charge < -0.3 is 0 Å². The molecular weight excluding hydrogens is 689 g/mol. The van der Waals surface area contributed by atoms with Crippen LogP contribution in [0, 0.1) is 0 Å². The summed E-state index contributed by atoms with van der Waals surface area (Å²) in [6.45, 7) is 9.16. The van der Waals surface area contributed by atoms with Crippen LogP contribution in [0.15, 0.2) is 64.6 Å². The van der Waals surface area contributed by atoms with Crippen molar-refractivity contribution in [3.8, 4) is 0 Å². The molecular formula is C55H92N2. The molecule has 0 N–H and O–H groups in total. The molecule has 0 aliphatic rings. The molecule has 0 fully saturated rings. The van der Waals surface area contributed by atoms with Gasteiger partial charge in [-0.2, -0.15) is 0 Å².